The van der Waals surface area contributed by atoms with Gasteiger partial charge in [-0.2, -0.15) is 0 Å². The van der Waals surface area contributed by atoms with Gasteiger partial charge in [0.25, 0.3) is 0 Å². The Hall–Kier alpha value is -1.19. The Morgan fingerprint density at radius 1 is 1.14 bits per heavy atom. The molecule has 3 rings (SSSR count). The van der Waals surface area contributed by atoms with Crippen LogP contribution in [0.3, 0.4) is 0 Å². The lowest BCUT2D eigenvalue weighted by molar-refractivity contribution is 0.285. The van der Waals surface area contributed by atoms with Gasteiger partial charge in [0.05, 0.1) is 5.69 Å². The van der Waals surface area contributed by atoms with Gasteiger partial charge in [0.1, 0.15) is 5.01 Å². The molecule has 1 aromatic heterocycles. The summed E-state index contributed by atoms with van der Waals surface area (Å²) in [5, 5.41) is 7.06. The number of nitrogens with zero attached hydrogens (tertiary/aromatic N) is 1. The van der Waals surface area contributed by atoms with Crippen molar-refractivity contribution in [2.45, 2.75) is 51.6 Å². The molecule has 0 aliphatic heterocycles. The summed E-state index contributed by atoms with van der Waals surface area (Å²) in [4.78, 5) is 4.75. The van der Waals surface area contributed by atoms with E-state index < -0.39 is 0 Å². The quantitative estimate of drug-likeness (QED) is 0.852. The van der Waals surface area contributed by atoms with Crippen molar-refractivity contribution in [1.29, 1.82) is 0 Å². The van der Waals surface area contributed by atoms with Crippen LogP contribution in [0.25, 0.3) is 11.3 Å². The van der Waals surface area contributed by atoms with Crippen LogP contribution in [0, 0.1) is 5.92 Å². The molecule has 0 amide bonds. The molecule has 2 nitrogen and oxygen atoms in total. The molecule has 3 heteroatoms. The van der Waals surface area contributed by atoms with Crippen molar-refractivity contribution in [2.24, 2.45) is 5.92 Å². The highest BCUT2D eigenvalue weighted by atomic mass is 32.1. The highest BCUT2D eigenvalue weighted by Crippen LogP contribution is 2.27. The van der Waals surface area contributed by atoms with E-state index in [1.165, 1.54) is 42.7 Å². The van der Waals surface area contributed by atoms with Gasteiger partial charge in [-0.1, -0.05) is 43.7 Å². The minimum atomic E-state index is 0.692. The fourth-order valence-corrected chi connectivity index (χ4v) is 3.89. The Morgan fingerprint density at radius 2 is 1.90 bits per heavy atom. The molecule has 2 aromatic rings. The summed E-state index contributed by atoms with van der Waals surface area (Å²) in [7, 11) is 0. The van der Waals surface area contributed by atoms with Crippen LogP contribution in [0.15, 0.2) is 35.7 Å². The van der Waals surface area contributed by atoms with E-state index in [1.54, 1.807) is 11.3 Å². The van der Waals surface area contributed by atoms with E-state index in [4.69, 9.17) is 4.98 Å². The molecule has 21 heavy (non-hydrogen) atoms. The van der Waals surface area contributed by atoms with Gasteiger partial charge in [-0.05, 0) is 31.6 Å². The van der Waals surface area contributed by atoms with Crippen LogP contribution in [0.4, 0.5) is 0 Å². The second kappa shape index (κ2) is 7.19. The number of nitrogens with one attached hydrogen (secondary N) is 1. The zero-order valence-electron chi connectivity index (χ0n) is 12.7. The summed E-state index contributed by atoms with van der Waals surface area (Å²) in [6.45, 7) is 3.23. The van der Waals surface area contributed by atoms with E-state index in [9.17, 15) is 0 Å². The molecule has 1 saturated carbocycles. The second-order valence-electron chi connectivity index (χ2n) is 6.00. The average Bonchev–Trinajstić information content (AvgIpc) is 3.03. The van der Waals surface area contributed by atoms with Gasteiger partial charge in [-0.3, -0.25) is 0 Å². The summed E-state index contributed by atoms with van der Waals surface area (Å²) in [5.74, 6) is 0.965. The zero-order chi connectivity index (χ0) is 14.5. The number of aromatic nitrogens is 1. The molecule has 0 spiro atoms. The highest BCUT2D eigenvalue weighted by Gasteiger charge is 2.19. The maximum Gasteiger partial charge on any atom is 0.107 e. The van der Waals surface area contributed by atoms with Crippen molar-refractivity contribution in [3.8, 4) is 11.3 Å². The monoisotopic (exact) mass is 300 g/mol. The summed E-state index contributed by atoms with van der Waals surface area (Å²) < 4.78 is 0. The van der Waals surface area contributed by atoms with E-state index in [0.717, 1.165) is 18.2 Å². The molecular weight excluding hydrogens is 276 g/mol. The number of benzene rings is 1. The molecule has 1 aromatic carbocycles. The van der Waals surface area contributed by atoms with Crippen molar-refractivity contribution in [2.75, 3.05) is 0 Å². The van der Waals surface area contributed by atoms with Crippen LogP contribution >= 0.6 is 11.3 Å². The maximum absolute atomic E-state index is 4.75. The van der Waals surface area contributed by atoms with E-state index in [-0.39, 0.29) is 0 Å². The smallest absolute Gasteiger partial charge is 0.107 e. The van der Waals surface area contributed by atoms with Gasteiger partial charge in [-0.25, -0.2) is 4.98 Å². The molecule has 1 aliphatic rings. The summed E-state index contributed by atoms with van der Waals surface area (Å²) in [5.41, 5.74) is 2.32. The molecule has 0 radical (unpaired) electrons. The predicted molar refractivity (Wildman–Crippen MR) is 90.4 cm³/mol. The summed E-state index contributed by atoms with van der Waals surface area (Å²) in [6, 6.07) is 11.1. The number of rotatable bonds is 5. The Morgan fingerprint density at radius 3 is 2.62 bits per heavy atom. The Bertz CT molecular complexity index is 541. The molecule has 0 saturated heterocycles. The standard InChI is InChI=1S/C18H24N2S/c1-2-14-8-10-16(11-9-14)19-12-18-20-17(13-21-18)15-6-4-3-5-7-15/h3-7,13-14,16,19H,2,8-12H2,1H3. The lowest BCUT2D eigenvalue weighted by Gasteiger charge is -2.28. The van der Waals surface area contributed by atoms with Crippen molar-refractivity contribution in [3.05, 3.63) is 40.7 Å². The van der Waals surface area contributed by atoms with Crippen LogP contribution in [-0.4, -0.2) is 11.0 Å². The number of thiazole rings is 1. The van der Waals surface area contributed by atoms with Gasteiger partial charge in [0.2, 0.25) is 0 Å². The van der Waals surface area contributed by atoms with E-state index in [1.807, 2.05) is 6.07 Å². The minimum absolute atomic E-state index is 0.692. The SMILES string of the molecule is CCC1CCC(NCc2nc(-c3ccccc3)cs2)CC1. The van der Waals surface area contributed by atoms with Crippen LogP contribution in [-0.2, 0) is 6.54 Å². The van der Waals surface area contributed by atoms with Crippen LogP contribution in [0.2, 0.25) is 0 Å². The lowest BCUT2D eigenvalue weighted by atomic mass is 9.84. The Kier molecular flexibility index (Phi) is 5.04. The number of hydrogen-bond acceptors (Lipinski definition) is 3. The van der Waals surface area contributed by atoms with Gasteiger partial charge >= 0.3 is 0 Å². The van der Waals surface area contributed by atoms with Gasteiger partial charge in [0, 0.05) is 23.5 Å². The van der Waals surface area contributed by atoms with Crippen molar-refractivity contribution >= 4 is 11.3 Å². The molecule has 0 unspecified atom stereocenters. The summed E-state index contributed by atoms with van der Waals surface area (Å²) in [6.07, 6.45) is 6.78. The first-order valence-electron chi connectivity index (χ1n) is 8.08. The normalized spacial score (nSPS) is 22.3. The molecule has 1 aliphatic carbocycles. The Labute approximate surface area is 131 Å². The zero-order valence-corrected chi connectivity index (χ0v) is 13.5. The molecule has 0 atom stereocenters. The molecule has 112 valence electrons. The van der Waals surface area contributed by atoms with Crippen LogP contribution in [0.1, 0.15) is 44.0 Å². The van der Waals surface area contributed by atoms with Gasteiger partial charge < -0.3 is 5.32 Å². The van der Waals surface area contributed by atoms with Crippen LogP contribution in [0.5, 0.6) is 0 Å². The molecule has 1 fully saturated rings. The van der Waals surface area contributed by atoms with Crippen molar-refractivity contribution in [3.63, 3.8) is 0 Å². The molecule has 1 N–H and O–H groups in total. The topological polar surface area (TPSA) is 24.9 Å². The minimum Gasteiger partial charge on any atom is -0.308 e. The largest absolute Gasteiger partial charge is 0.308 e. The van der Waals surface area contributed by atoms with Crippen molar-refractivity contribution < 1.29 is 0 Å². The first-order chi connectivity index (χ1) is 10.3. The van der Waals surface area contributed by atoms with Crippen molar-refractivity contribution in [1.82, 2.24) is 10.3 Å². The van der Waals surface area contributed by atoms with Crippen LogP contribution < -0.4 is 5.32 Å². The van der Waals surface area contributed by atoms with E-state index in [0.29, 0.717) is 6.04 Å². The fourth-order valence-electron chi connectivity index (χ4n) is 3.14. The first-order valence-corrected chi connectivity index (χ1v) is 8.96. The molecule has 1 heterocycles. The molecular formula is C18H24N2S. The third-order valence-electron chi connectivity index (χ3n) is 4.59. The average molecular weight is 300 g/mol. The van der Waals surface area contributed by atoms with E-state index in [2.05, 4.69) is 41.9 Å². The van der Waals surface area contributed by atoms with Gasteiger partial charge in [-0.15, -0.1) is 11.3 Å². The predicted octanol–water partition coefficient (Wildman–Crippen LogP) is 4.87. The van der Waals surface area contributed by atoms with Gasteiger partial charge in [0.15, 0.2) is 0 Å². The second-order valence-corrected chi connectivity index (χ2v) is 6.94. The van der Waals surface area contributed by atoms with E-state index >= 15 is 0 Å². The lowest BCUT2D eigenvalue weighted by Crippen LogP contribution is -2.32. The highest BCUT2D eigenvalue weighted by molar-refractivity contribution is 7.09. The third kappa shape index (κ3) is 3.92. The first kappa shape index (κ1) is 14.7. The summed E-state index contributed by atoms with van der Waals surface area (Å²) >= 11 is 1.76. The Balaban J connectivity index is 1.52. The molecule has 0 bridgehead atoms. The maximum atomic E-state index is 4.75. The number of hydrogen-bond donors (Lipinski definition) is 1. The third-order valence-corrected chi connectivity index (χ3v) is 5.44. The fraction of sp³-hybridized carbons (Fsp3) is 0.500.